The molecular formula is C14H26N2O2. The number of ether oxygens (including phenoxy) is 1. The third kappa shape index (κ3) is 3.69. The van der Waals surface area contributed by atoms with Crippen molar-refractivity contribution in [2.75, 3.05) is 26.3 Å². The van der Waals surface area contributed by atoms with E-state index in [2.05, 4.69) is 0 Å². The maximum absolute atomic E-state index is 12.2. The number of rotatable bonds is 5. The van der Waals surface area contributed by atoms with Crippen LogP contribution >= 0.6 is 0 Å². The van der Waals surface area contributed by atoms with E-state index >= 15 is 0 Å². The van der Waals surface area contributed by atoms with E-state index in [1.165, 1.54) is 32.1 Å². The number of nitrogens with two attached hydrogens (primary N) is 1. The van der Waals surface area contributed by atoms with Crippen LogP contribution in [-0.2, 0) is 9.53 Å². The third-order valence-corrected chi connectivity index (χ3v) is 4.30. The van der Waals surface area contributed by atoms with Crippen molar-refractivity contribution < 1.29 is 9.53 Å². The van der Waals surface area contributed by atoms with Gasteiger partial charge in [0.25, 0.3) is 0 Å². The molecule has 4 nitrogen and oxygen atoms in total. The van der Waals surface area contributed by atoms with Gasteiger partial charge in [-0.2, -0.15) is 0 Å². The first-order chi connectivity index (χ1) is 8.81. The first-order valence-corrected chi connectivity index (χ1v) is 7.38. The molecule has 1 saturated heterocycles. The molecule has 1 amide bonds. The average molecular weight is 254 g/mol. The van der Waals surface area contributed by atoms with Gasteiger partial charge in [0, 0.05) is 19.5 Å². The first-order valence-electron chi connectivity index (χ1n) is 7.38. The summed E-state index contributed by atoms with van der Waals surface area (Å²) in [5.74, 6) is 1.15. The summed E-state index contributed by atoms with van der Waals surface area (Å²) in [4.78, 5) is 14.1. The summed E-state index contributed by atoms with van der Waals surface area (Å²) >= 11 is 0. The van der Waals surface area contributed by atoms with Gasteiger partial charge in [0.15, 0.2) is 0 Å². The second-order valence-electron chi connectivity index (χ2n) is 5.59. The van der Waals surface area contributed by atoms with Crippen molar-refractivity contribution in [2.24, 2.45) is 11.7 Å². The molecule has 0 radical (unpaired) electrons. The van der Waals surface area contributed by atoms with Gasteiger partial charge in [-0.1, -0.05) is 25.7 Å². The zero-order valence-electron chi connectivity index (χ0n) is 11.3. The molecule has 4 heteroatoms. The van der Waals surface area contributed by atoms with Gasteiger partial charge >= 0.3 is 0 Å². The number of hydrogen-bond acceptors (Lipinski definition) is 3. The maximum atomic E-state index is 12.2. The van der Waals surface area contributed by atoms with Crippen molar-refractivity contribution in [1.29, 1.82) is 0 Å². The van der Waals surface area contributed by atoms with Crippen LogP contribution in [0.3, 0.4) is 0 Å². The van der Waals surface area contributed by atoms with Crippen LogP contribution in [0.5, 0.6) is 0 Å². The fourth-order valence-corrected chi connectivity index (χ4v) is 3.16. The molecule has 1 atom stereocenters. The molecule has 104 valence electrons. The minimum absolute atomic E-state index is 0.0951. The smallest absolute Gasteiger partial charge is 0.223 e. The van der Waals surface area contributed by atoms with Crippen LogP contribution in [0.2, 0.25) is 0 Å². The summed E-state index contributed by atoms with van der Waals surface area (Å²) in [6.45, 7) is 2.48. The molecule has 0 aromatic rings. The summed E-state index contributed by atoms with van der Waals surface area (Å²) in [5, 5.41) is 0. The Hall–Kier alpha value is -0.610. The molecule has 2 fully saturated rings. The van der Waals surface area contributed by atoms with Gasteiger partial charge in [-0.3, -0.25) is 4.79 Å². The number of morpholine rings is 1. The van der Waals surface area contributed by atoms with Crippen molar-refractivity contribution in [3.05, 3.63) is 0 Å². The molecule has 1 aliphatic carbocycles. The second kappa shape index (κ2) is 7.10. The van der Waals surface area contributed by atoms with Gasteiger partial charge in [-0.05, 0) is 18.8 Å². The van der Waals surface area contributed by atoms with Crippen LogP contribution in [0.1, 0.15) is 44.9 Å². The summed E-state index contributed by atoms with van der Waals surface area (Å²) in [6, 6.07) is 0.0951. The minimum Gasteiger partial charge on any atom is -0.377 e. The maximum Gasteiger partial charge on any atom is 0.223 e. The van der Waals surface area contributed by atoms with Crippen molar-refractivity contribution in [3.63, 3.8) is 0 Å². The molecule has 2 rings (SSSR count). The van der Waals surface area contributed by atoms with Gasteiger partial charge in [0.1, 0.15) is 0 Å². The fraction of sp³-hybridized carbons (Fsp3) is 0.929. The van der Waals surface area contributed by atoms with Gasteiger partial charge < -0.3 is 15.4 Å². The second-order valence-corrected chi connectivity index (χ2v) is 5.59. The van der Waals surface area contributed by atoms with Crippen molar-refractivity contribution >= 4 is 5.91 Å². The summed E-state index contributed by atoms with van der Waals surface area (Å²) in [7, 11) is 0. The number of hydrogen-bond donors (Lipinski definition) is 1. The van der Waals surface area contributed by atoms with E-state index in [1.807, 2.05) is 4.90 Å². The number of carbonyl (C=O) groups is 1. The van der Waals surface area contributed by atoms with E-state index in [4.69, 9.17) is 10.5 Å². The Morgan fingerprint density at radius 3 is 2.83 bits per heavy atom. The summed E-state index contributed by atoms with van der Waals surface area (Å²) in [6.07, 6.45) is 8.47. The molecule has 2 N–H and O–H groups in total. The Balaban J connectivity index is 1.69. The van der Waals surface area contributed by atoms with Gasteiger partial charge in [0.05, 0.1) is 19.3 Å². The molecule has 1 saturated carbocycles. The summed E-state index contributed by atoms with van der Waals surface area (Å²) < 4.78 is 5.37. The highest BCUT2D eigenvalue weighted by molar-refractivity contribution is 5.76. The molecule has 1 aliphatic heterocycles. The topological polar surface area (TPSA) is 55.6 Å². The zero-order chi connectivity index (χ0) is 12.8. The van der Waals surface area contributed by atoms with Crippen LogP contribution in [0.25, 0.3) is 0 Å². The third-order valence-electron chi connectivity index (χ3n) is 4.30. The zero-order valence-corrected chi connectivity index (χ0v) is 11.3. The lowest BCUT2D eigenvalue weighted by atomic mass is 10.0. The van der Waals surface area contributed by atoms with Crippen LogP contribution in [0.4, 0.5) is 0 Å². The van der Waals surface area contributed by atoms with E-state index in [0.717, 1.165) is 12.3 Å². The van der Waals surface area contributed by atoms with Crippen molar-refractivity contribution in [1.82, 2.24) is 4.90 Å². The lowest BCUT2D eigenvalue weighted by Crippen LogP contribution is -2.52. The molecule has 0 spiro atoms. The molecule has 18 heavy (non-hydrogen) atoms. The molecule has 0 aromatic carbocycles. The number of carbonyl (C=O) groups excluding carboxylic acids is 1. The Kier molecular flexibility index (Phi) is 5.45. The van der Waals surface area contributed by atoms with Gasteiger partial charge in [-0.15, -0.1) is 0 Å². The molecule has 0 bridgehead atoms. The Bertz CT molecular complexity index is 265. The molecule has 1 heterocycles. The molecule has 1 unspecified atom stereocenters. The van der Waals surface area contributed by atoms with E-state index in [0.29, 0.717) is 32.7 Å². The fourth-order valence-electron chi connectivity index (χ4n) is 3.16. The highest BCUT2D eigenvalue weighted by Gasteiger charge is 2.26. The highest BCUT2D eigenvalue weighted by atomic mass is 16.5. The number of amides is 1. The highest BCUT2D eigenvalue weighted by Crippen LogP contribution is 2.29. The molecule has 0 aromatic heterocycles. The number of nitrogens with zero attached hydrogens (tertiary/aromatic N) is 1. The quantitative estimate of drug-likeness (QED) is 0.809. The lowest BCUT2D eigenvalue weighted by Gasteiger charge is -2.35. The first kappa shape index (κ1) is 13.8. The van der Waals surface area contributed by atoms with Crippen molar-refractivity contribution in [2.45, 2.75) is 51.0 Å². The largest absolute Gasteiger partial charge is 0.377 e. The van der Waals surface area contributed by atoms with Crippen molar-refractivity contribution in [3.8, 4) is 0 Å². The normalized spacial score (nSPS) is 25.6. The predicted octanol–water partition coefficient (Wildman–Crippen LogP) is 1.53. The monoisotopic (exact) mass is 254 g/mol. The van der Waals surface area contributed by atoms with E-state index in [-0.39, 0.29) is 11.9 Å². The van der Waals surface area contributed by atoms with Crippen LogP contribution in [0, 0.1) is 5.92 Å². The summed E-state index contributed by atoms with van der Waals surface area (Å²) in [5.41, 5.74) is 5.69. The van der Waals surface area contributed by atoms with E-state index in [1.54, 1.807) is 0 Å². The average Bonchev–Trinajstić information content (AvgIpc) is 2.91. The minimum atomic E-state index is 0.0951. The lowest BCUT2D eigenvalue weighted by molar-refractivity contribution is -0.139. The van der Waals surface area contributed by atoms with Crippen LogP contribution in [0.15, 0.2) is 0 Å². The predicted molar refractivity (Wildman–Crippen MR) is 71.2 cm³/mol. The Morgan fingerprint density at radius 2 is 2.11 bits per heavy atom. The molecule has 2 aliphatic rings. The Morgan fingerprint density at radius 1 is 1.33 bits per heavy atom. The van der Waals surface area contributed by atoms with E-state index in [9.17, 15) is 4.79 Å². The molecular weight excluding hydrogens is 228 g/mol. The van der Waals surface area contributed by atoms with Crippen LogP contribution < -0.4 is 5.73 Å². The standard InChI is InChI=1S/C14H26N2O2/c15-10-13-11-18-9-8-16(13)14(17)7-3-6-12-4-1-2-5-12/h12-13H,1-11,15H2. The van der Waals surface area contributed by atoms with Crippen LogP contribution in [-0.4, -0.2) is 43.2 Å². The SMILES string of the molecule is NCC1COCCN1C(=O)CCCC1CCCC1. The van der Waals surface area contributed by atoms with Gasteiger partial charge in [-0.25, -0.2) is 0 Å². The van der Waals surface area contributed by atoms with E-state index < -0.39 is 0 Å². The van der Waals surface area contributed by atoms with Gasteiger partial charge in [0.2, 0.25) is 5.91 Å². The Labute approximate surface area is 110 Å².